The second-order valence-electron chi connectivity index (χ2n) is 2.98. The molecule has 0 aromatic carbocycles. The molecule has 124 valence electrons. The maximum absolute atomic E-state index is 3.00. The molecule has 0 aliphatic carbocycles. The van der Waals surface area contributed by atoms with Crippen molar-refractivity contribution in [2.24, 2.45) is 0 Å². The topological polar surface area (TPSA) is 6.48 Å². The highest BCUT2D eigenvalue weighted by Gasteiger charge is 1.82. The van der Waals surface area contributed by atoms with E-state index in [0.717, 1.165) is 26.2 Å². The third-order valence-corrected chi connectivity index (χ3v) is 2.16. The minimum Gasteiger partial charge on any atom is -0.307 e. The van der Waals surface area contributed by atoms with Gasteiger partial charge in [0.1, 0.15) is 0 Å². The van der Waals surface area contributed by atoms with Gasteiger partial charge in [0.15, 0.2) is 0 Å². The molecule has 20 heavy (non-hydrogen) atoms. The van der Waals surface area contributed by atoms with Gasteiger partial charge in [0.2, 0.25) is 0 Å². The molecule has 2 nitrogen and oxygen atoms in total. The fraction of sp³-hybridized carbons (Fsp3) is 0.556. The minimum absolute atomic E-state index is 1.16. The third kappa shape index (κ3) is 89.9. The van der Waals surface area contributed by atoms with Crippen molar-refractivity contribution >= 4 is 0 Å². The Morgan fingerprint density at radius 1 is 0.450 bits per heavy atom. The average Bonchev–Trinajstić information content (AvgIpc) is 2.60. The Morgan fingerprint density at radius 3 is 0.550 bits per heavy atom. The van der Waals surface area contributed by atoms with Gasteiger partial charge in [-0.15, -0.1) is 52.6 Å². The lowest BCUT2D eigenvalue weighted by Gasteiger charge is -2.07. The van der Waals surface area contributed by atoms with Crippen molar-refractivity contribution < 1.29 is 0 Å². The largest absolute Gasteiger partial charge is 0.307 e. The Hall–Kier alpha value is -1.12. The van der Waals surface area contributed by atoms with Crippen LogP contribution in [0.25, 0.3) is 0 Å². The molecule has 0 bridgehead atoms. The van der Waals surface area contributed by atoms with Gasteiger partial charge in [0, 0.05) is 0 Å². The second-order valence-corrected chi connectivity index (χ2v) is 2.98. The summed E-state index contributed by atoms with van der Waals surface area (Å²) in [5.41, 5.74) is 0. The molecule has 0 saturated heterocycles. The summed E-state index contributed by atoms with van der Waals surface area (Å²) in [6.45, 7) is 37.3. The summed E-state index contributed by atoms with van der Waals surface area (Å²) in [4.78, 5) is 4.50. The SMILES string of the molecule is C=C.C=C.C=C.C=C.CCN(C)CC.CCN(C)CC. The van der Waals surface area contributed by atoms with Crippen LogP contribution in [0.4, 0.5) is 0 Å². The van der Waals surface area contributed by atoms with E-state index in [-0.39, 0.29) is 0 Å². The van der Waals surface area contributed by atoms with Gasteiger partial charge in [0.05, 0.1) is 0 Å². The average molecular weight is 287 g/mol. The van der Waals surface area contributed by atoms with E-state index in [0.29, 0.717) is 0 Å². The smallest absolute Gasteiger partial charge is 0.00504 e. The van der Waals surface area contributed by atoms with E-state index in [9.17, 15) is 0 Å². The van der Waals surface area contributed by atoms with E-state index in [1.807, 2.05) is 0 Å². The predicted molar refractivity (Wildman–Crippen MR) is 103 cm³/mol. The number of nitrogens with zero attached hydrogens (tertiary/aromatic N) is 2. The van der Waals surface area contributed by atoms with Gasteiger partial charge in [-0.25, -0.2) is 0 Å². The first kappa shape index (κ1) is 36.4. The molecule has 0 unspecified atom stereocenters. The summed E-state index contributed by atoms with van der Waals surface area (Å²) in [5.74, 6) is 0. The van der Waals surface area contributed by atoms with Crippen molar-refractivity contribution in [3.8, 4) is 0 Å². The molecule has 0 aliphatic heterocycles. The van der Waals surface area contributed by atoms with E-state index in [4.69, 9.17) is 0 Å². The molecular formula is C18H42N2. The minimum atomic E-state index is 1.16. The van der Waals surface area contributed by atoms with Crippen LogP contribution in [0, 0.1) is 0 Å². The standard InChI is InChI=1S/2C5H13N.4C2H4/c2*1-4-6(3)5-2;4*1-2/h2*4-5H2,1-3H3;4*1-2H2. The Balaban J connectivity index is -0.0000000328. The molecule has 0 aromatic heterocycles. The zero-order valence-electron chi connectivity index (χ0n) is 15.4. The summed E-state index contributed by atoms with van der Waals surface area (Å²) in [6.07, 6.45) is 0. The van der Waals surface area contributed by atoms with Gasteiger partial charge in [-0.2, -0.15) is 0 Å². The van der Waals surface area contributed by atoms with Crippen LogP contribution in [0.3, 0.4) is 0 Å². The van der Waals surface area contributed by atoms with Crippen LogP contribution in [0.1, 0.15) is 27.7 Å². The Labute approximate surface area is 131 Å². The lowest BCUT2D eigenvalue weighted by atomic mass is 10.6. The van der Waals surface area contributed by atoms with Gasteiger partial charge < -0.3 is 9.80 Å². The summed E-state index contributed by atoms with van der Waals surface area (Å²) in [7, 11) is 4.22. The molecule has 0 radical (unpaired) electrons. The van der Waals surface area contributed by atoms with Crippen molar-refractivity contribution in [3.63, 3.8) is 0 Å². The summed E-state index contributed by atoms with van der Waals surface area (Å²) in [6, 6.07) is 0. The third-order valence-electron chi connectivity index (χ3n) is 2.16. The summed E-state index contributed by atoms with van der Waals surface area (Å²) in [5, 5.41) is 0. The van der Waals surface area contributed by atoms with Gasteiger partial charge in [-0.1, -0.05) is 27.7 Å². The number of hydrogen-bond donors (Lipinski definition) is 0. The lowest BCUT2D eigenvalue weighted by Crippen LogP contribution is -2.15. The van der Waals surface area contributed by atoms with Gasteiger partial charge in [0.25, 0.3) is 0 Å². The fourth-order valence-corrected chi connectivity index (χ4v) is 0.447. The normalized spacial score (nSPS) is 6.80. The molecule has 0 saturated carbocycles. The van der Waals surface area contributed by atoms with Crippen LogP contribution in [0.2, 0.25) is 0 Å². The lowest BCUT2D eigenvalue weighted by molar-refractivity contribution is 0.373. The van der Waals surface area contributed by atoms with Gasteiger partial charge >= 0.3 is 0 Å². The first-order valence-corrected chi connectivity index (χ1v) is 6.99. The maximum atomic E-state index is 3.00. The Morgan fingerprint density at radius 2 is 0.550 bits per heavy atom. The molecule has 2 heteroatoms. The second kappa shape index (κ2) is 64.6. The monoisotopic (exact) mass is 286 g/mol. The van der Waals surface area contributed by atoms with Crippen molar-refractivity contribution in [2.45, 2.75) is 27.7 Å². The van der Waals surface area contributed by atoms with E-state index >= 15 is 0 Å². The zero-order chi connectivity index (χ0) is 18.0. The van der Waals surface area contributed by atoms with Crippen LogP contribution >= 0.6 is 0 Å². The van der Waals surface area contributed by atoms with Crippen molar-refractivity contribution in [2.75, 3.05) is 40.3 Å². The fourth-order valence-electron chi connectivity index (χ4n) is 0.447. The highest BCUT2D eigenvalue weighted by Crippen LogP contribution is 1.74. The highest BCUT2D eigenvalue weighted by atomic mass is 15.1. The van der Waals surface area contributed by atoms with Gasteiger partial charge in [-0.05, 0) is 40.3 Å². The Kier molecular flexibility index (Phi) is 118. The van der Waals surface area contributed by atoms with Crippen molar-refractivity contribution in [3.05, 3.63) is 52.6 Å². The molecule has 0 fully saturated rings. The summed E-state index contributed by atoms with van der Waals surface area (Å²) < 4.78 is 0. The van der Waals surface area contributed by atoms with Crippen molar-refractivity contribution in [1.82, 2.24) is 9.80 Å². The van der Waals surface area contributed by atoms with Crippen LogP contribution in [0.15, 0.2) is 52.6 Å². The van der Waals surface area contributed by atoms with E-state index in [1.54, 1.807) is 0 Å². The van der Waals surface area contributed by atoms with Crippen LogP contribution in [0.5, 0.6) is 0 Å². The van der Waals surface area contributed by atoms with E-state index in [2.05, 4.69) is 104 Å². The molecule has 0 aromatic rings. The molecule has 0 atom stereocenters. The quantitative estimate of drug-likeness (QED) is 0.661. The molecule has 0 heterocycles. The van der Waals surface area contributed by atoms with Crippen LogP contribution in [-0.2, 0) is 0 Å². The Bertz CT molecular complexity index is 90.0. The molecule has 0 aliphatic rings. The first-order valence-electron chi connectivity index (χ1n) is 6.99. The maximum Gasteiger partial charge on any atom is -0.00504 e. The first-order chi connectivity index (χ1) is 9.62. The number of hydrogen-bond acceptors (Lipinski definition) is 2. The summed E-state index contributed by atoms with van der Waals surface area (Å²) >= 11 is 0. The molecule has 0 rings (SSSR count). The molecule has 0 N–H and O–H groups in total. The molecular weight excluding hydrogens is 244 g/mol. The van der Waals surface area contributed by atoms with Crippen LogP contribution < -0.4 is 0 Å². The van der Waals surface area contributed by atoms with Crippen LogP contribution in [-0.4, -0.2) is 50.1 Å². The zero-order valence-corrected chi connectivity index (χ0v) is 15.4. The number of rotatable bonds is 4. The molecule has 0 amide bonds. The van der Waals surface area contributed by atoms with Crippen molar-refractivity contribution in [1.29, 1.82) is 0 Å². The molecule has 0 spiro atoms. The van der Waals surface area contributed by atoms with E-state index in [1.165, 1.54) is 0 Å². The highest BCUT2D eigenvalue weighted by molar-refractivity contribution is 4.36. The predicted octanol–water partition coefficient (Wildman–Crippen LogP) is 5.12. The van der Waals surface area contributed by atoms with E-state index < -0.39 is 0 Å². The van der Waals surface area contributed by atoms with Gasteiger partial charge in [-0.3, -0.25) is 0 Å².